The zero-order chi connectivity index (χ0) is 24.3. The van der Waals surface area contributed by atoms with Crippen molar-refractivity contribution in [2.45, 2.75) is 52.2 Å². The van der Waals surface area contributed by atoms with E-state index in [1.807, 2.05) is 6.92 Å². The van der Waals surface area contributed by atoms with E-state index in [1.165, 1.54) is 36.3 Å². The van der Waals surface area contributed by atoms with Crippen molar-refractivity contribution in [1.82, 2.24) is 15.5 Å². The van der Waals surface area contributed by atoms with Crippen molar-refractivity contribution in [2.75, 3.05) is 26.7 Å². The van der Waals surface area contributed by atoms with Gasteiger partial charge >= 0.3 is 12.1 Å². The largest absolute Gasteiger partial charge is 0.508 e. The summed E-state index contributed by atoms with van der Waals surface area (Å²) in [6, 6.07) is 4.75. The maximum Gasteiger partial charge on any atom is 0.408 e. The van der Waals surface area contributed by atoms with Crippen LogP contribution in [0.25, 0.3) is 0 Å². The van der Waals surface area contributed by atoms with E-state index in [0.29, 0.717) is 12.0 Å². The normalized spacial score (nSPS) is 11.8. The van der Waals surface area contributed by atoms with Crippen LogP contribution >= 0.6 is 0 Å². The summed E-state index contributed by atoms with van der Waals surface area (Å²) < 4.78 is 9.70. The van der Waals surface area contributed by atoms with Gasteiger partial charge in [-0.05, 0) is 44.9 Å². The van der Waals surface area contributed by atoms with Crippen LogP contribution in [0.3, 0.4) is 0 Å². The van der Waals surface area contributed by atoms with Crippen LogP contribution in [-0.4, -0.2) is 66.2 Å². The summed E-state index contributed by atoms with van der Waals surface area (Å²) in [5, 5.41) is 14.5. The predicted molar refractivity (Wildman–Crippen MR) is 117 cm³/mol. The molecular formula is C22H33N3O7. The molecule has 0 heterocycles. The highest BCUT2D eigenvalue weighted by atomic mass is 16.6. The van der Waals surface area contributed by atoms with Crippen LogP contribution < -0.4 is 10.6 Å². The number of nitrogens with one attached hydrogen (secondary N) is 2. The molecule has 0 saturated carbocycles. The minimum Gasteiger partial charge on any atom is -0.508 e. The second-order valence-electron chi connectivity index (χ2n) is 8.08. The molecule has 0 fully saturated rings. The molecule has 10 nitrogen and oxygen atoms in total. The fourth-order valence-corrected chi connectivity index (χ4v) is 2.75. The Hall–Kier alpha value is -3.30. The third-order valence-electron chi connectivity index (χ3n) is 4.26. The number of hydrogen-bond donors (Lipinski definition) is 3. The first-order valence-electron chi connectivity index (χ1n) is 10.4. The van der Waals surface area contributed by atoms with Crippen molar-refractivity contribution in [1.29, 1.82) is 0 Å². The van der Waals surface area contributed by atoms with Crippen LogP contribution in [0.1, 0.15) is 52.1 Å². The Morgan fingerprint density at radius 1 is 1.06 bits per heavy atom. The molecule has 0 spiro atoms. The molecule has 1 rings (SSSR count). The van der Waals surface area contributed by atoms with Crippen molar-refractivity contribution < 1.29 is 33.8 Å². The summed E-state index contributed by atoms with van der Waals surface area (Å²) in [7, 11) is 1.20. The average molecular weight is 452 g/mol. The number of esters is 1. The van der Waals surface area contributed by atoms with Crippen LogP contribution in [-0.2, 0) is 23.9 Å². The van der Waals surface area contributed by atoms with Crippen molar-refractivity contribution in [3.8, 4) is 5.75 Å². The molecule has 10 heteroatoms. The van der Waals surface area contributed by atoms with E-state index in [-0.39, 0.29) is 25.4 Å². The third kappa shape index (κ3) is 9.23. The Labute approximate surface area is 188 Å². The van der Waals surface area contributed by atoms with Crippen LogP contribution in [0.4, 0.5) is 4.79 Å². The summed E-state index contributed by atoms with van der Waals surface area (Å²) in [6.07, 6.45) is 0.615. The number of alkyl carbamates (subject to hydrolysis) is 1. The molecule has 32 heavy (non-hydrogen) atoms. The molecule has 1 aromatic rings. The molecule has 1 atom stereocenters. The molecule has 1 unspecified atom stereocenters. The second-order valence-corrected chi connectivity index (χ2v) is 8.08. The number of hydrogen-bond acceptors (Lipinski definition) is 7. The molecule has 1 aromatic carbocycles. The second kappa shape index (κ2) is 12.5. The Balaban J connectivity index is 3.13. The van der Waals surface area contributed by atoms with Crippen molar-refractivity contribution in [2.24, 2.45) is 0 Å². The standard InChI is InChI=1S/C22H33N3O7/c1-6-7-12-25(17(27)13-24-21(30)32-22(2,3)4)19(15-8-10-16(26)11-9-15)20(29)23-14-18(28)31-5/h8-11,19,26H,6-7,12-14H2,1-5H3,(H,23,29)(H,24,30). The van der Waals surface area contributed by atoms with Gasteiger partial charge in [0.05, 0.1) is 7.11 Å². The molecule has 0 bridgehead atoms. The molecule has 0 aliphatic heterocycles. The van der Waals surface area contributed by atoms with Gasteiger partial charge in [-0.1, -0.05) is 25.5 Å². The highest BCUT2D eigenvalue weighted by molar-refractivity contribution is 5.91. The lowest BCUT2D eigenvalue weighted by Crippen LogP contribution is -2.48. The van der Waals surface area contributed by atoms with Crippen LogP contribution in [0.2, 0.25) is 0 Å². The van der Waals surface area contributed by atoms with Gasteiger partial charge in [0.1, 0.15) is 30.5 Å². The number of phenolic OH excluding ortho intramolecular Hbond substituents is 1. The number of aromatic hydroxyl groups is 1. The van der Waals surface area contributed by atoms with E-state index in [1.54, 1.807) is 20.8 Å². The van der Waals surface area contributed by atoms with Gasteiger partial charge in [0.25, 0.3) is 0 Å². The number of carbonyl (C=O) groups excluding carboxylic acids is 4. The smallest absolute Gasteiger partial charge is 0.408 e. The summed E-state index contributed by atoms with van der Waals surface area (Å²) in [6.45, 7) is 6.54. The van der Waals surface area contributed by atoms with E-state index in [9.17, 15) is 24.3 Å². The molecule has 0 radical (unpaired) electrons. The molecule has 3 amide bonds. The summed E-state index contributed by atoms with van der Waals surface area (Å²) >= 11 is 0. The fourth-order valence-electron chi connectivity index (χ4n) is 2.75. The van der Waals surface area contributed by atoms with Gasteiger partial charge in [0.2, 0.25) is 11.8 Å². The number of carbonyl (C=O) groups is 4. The molecule has 3 N–H and O–H groups in total. The van der Waals surface area contributed by atoms with Gasteiger partial charge in [0.15, 0.2) is 0 Å². The van der Waals surface area contributed by atoms with Crippen LogP contribution in [0.15, 0.2) is 24.3 Å². The van der Waals surface area contributed by atoms with E-state index >= 15 is 0 Å². The van der Waals surface area contributed by atoms with E-state index in [2.05, 4.69) is 15.4 Å². The molecule has 0 aliphatic rings. The van der Waals surface area contributed by atoms with Gasteiger partial charge in [-0.25, -0.2) is 4.79 Å². The van der Waals surface area contributed by atoms with E-state index in [4.69, 9.17) is 4.74 Å². The Bertz CT molecular complexity index is 788. The zero-order valence-corrected chi connectivity index (χ0v) is 19.3. The number of phenols is 1. The zero-order valence-electron chi connectivity index (χ0n) is 19.3. The van der Waals surface area contributed by atoms with Gasteiger partial charge in [-0.2, -0.15) is 0 Å². The average Bonchev–Trinajstić information content (AvgIpc) is 2.72. The minimum absolute atomic E-state index is 0.000459. The number of methoxy groups -OCH3 is 1. The number of rotatable bonds is 10. The molecule has 178 valence electrons. The predicted octanol–water partition coefficient (Wildman–Crippen LogP) is 1.88. The third-order valence-corrected chi connectivity index (χ3v) is 4.26. The highest BCUT2D eigenvalue weighted by Gasteiger charge is 2.31. The summed E-state index contributed by atoms with van der Waals surface area (Å²) in [5.74, 6) is -1.74. The van der Waals surface area contributed by atoms with E-state index in [0.717, 1.165) is 6.42 Å². The number of benzene rings is 1. The minimum atomic E-state index is -1.08. The maximum absolute atomic E-state index is 13.0. The summed E-state index contributed by atoms with van der Waals surface area (Å²) in [4.78, 5) is 50.8. The number of unbranched alkanes of at least 4 members (excludes halogenated alkanes) is 1. The van der Waals surface area contributed by atoms with Gasteiger partial charge in [0, 0.05) is 6.54 Å². The lowest BCUT2D eigenvalue weighted by Gasteiger charge is -2.31. The quantitative estimate of drug-likeness (QED) is 0.462. The Morgan fingerprint density at radius 3 is 2.22 bits per heavy atom. The first-order chi connectivity index (χ1) is 15.0. The highest BCUT2D eigenvalue weighted by Crippen LogP contribution is 2.24. The number of nitrogens with zero attached hydrogens (tertiary/aromatic N) is 1. The first kappa shape index (κ1) is 26.7. The molecule has 0 saturated heterocycles. The van der Waals surface area contributed by atoms with Gasteiger partial charge in [-0.3, -0.25) is 14.4 Å². The van der Waals surface area contributed by atoms with Crippen molar-refractivity contribution in [3.05, 3.63) is 29.8 Å². The number of amides is 3. The fraction of sp³-hybridized carbons (Fsp3) is 0.545. The lowest BCUT2D eigenvalue weighted by molar-refractivity contribution is -0.143. The monoisotopic (exact) mass is 451 g/mol. The van der Waals surface area contributed by atoms with Crippen LogP contribution in [0.5, 0.6) is 5.75 Å². The maximum atomic E-state index is 13.0. The molecule has 0 aliphatic carbocycles. The molecular weight excluding hydrogens is 418 g/mol. The summed E-state index contributed by atoms with van der Waals surface area (Å²) in [5.41, 5.74) is -0.288. The Kier molecular flexibility index (Phi) is 10.5. The Morgan fingerprint density at radius 2 is 1.69 bits per heavy atom. The van der Waals surface area contributed by atoms with E-state index < -0.39 is 35.5 Å². The SMILES string of the molecule is CCCCN(C(=O)CNC(=O)OC(C)(C)C)C(C(=O)NCC(=O)OC)c1ccc(O)cc1. The molecule has 0 aromatic heterocycles. The van der Waals surface area contributed by atoms with Gasteiger partial charge < -0.3 is 30.1 Å². The van der Waals surface area contributed by atoms with Gasteiger partial charge in [-0.15, -0.1) is 0 Å². The number of ether oxygens (including phenoxy) is 2. The lowest BCUT2D eigenvalue weighted by atomic mass is 10.0. The van der Waals surface area contributed by atoms with Crippen molar-refractivity contribution in [3.63, 3.8) is 0 Å². The van der Waals surface area contributed by atoms with Crippen molar-refractivity contribution >= 4 is 23.9 Å². The topological polar surface area (TPSA) is 134 Å². The first-order valence-corrected chi connectivity index (χ1v) is 10.4. The van der Waals surface area contributed by atoms with Crippen LogP contribution in [0, 0.1) is 0 Å².